The summed E-state index contributed by atoms with van der Waals surface area (Å²) in [4.78, 5) is 0. The molecule has 0 aliphatic carbocycles. The Bertz CT molecular complexity index is 572. The lowest BCUT2D eigenvalue weighted by molar-refractivity contribution is 0.267. The third-order valence-electron chi connectivity index (χ3n) is 2.83. The molecule has 0 saturated carbocycles. The van der Waals surface area contributed by atoms with Crippen molar-refractivity contribution in [2.45, 2.75) is 18.9 Å². The van der Waals surface area contributed by atoms with Gasteiger partial charge in [0.05, 0.1) is 6.61 Å². The van der Waals surface area contributed by atoms with Crippen LogP contribution in [0.2, 0.25) is 5.02 Å². The first-order valence-corrected chi connectivity index (χ1v) is 7.93. The van der Waals surface area contributed by atoms with Crippen molar-refractivity contribution >= 4 is 27.5 Å². The lowest BCUT2D eigenvalue weighted by Crippen LogP contribution is -2.02. The van der Waals surface area contributed by atoms with E-state index < -0.39 is 0 Å². The molecule has 2 aromatic rings. The van der Waals surface area contributed by atoms with Gasteiger partial charge in [-0.1, -0.05) is 57.9 Å². The smallest absolute Gasteiger partial charge is 0.165 e. The van der Waals surface area contributed by atoms with Crippen LogP contribution < -0.4 is 9.47 Å². The van der Waals surface area contributed by atoms with E-state index in [0.717, 1.165) is 22.6 Å². The first kappa shape index (κ1) is 15.2. The van der Waals surface area contributed by atoms with Crippen LogP contribution in [-0.4, -0.2) is 6.61 Å². The van der Waals surface area contributed by atoms with Gasteiger partial charge in [0, 0.05) is 21.5 Å². The van der Waals surface area contributed by atoms with Crippen molar-refractivity contribution in [2.24, 2.45) is 0 Å². The van der Waals surface area contributed by atoms with Gasteiger partial charge in [0.2, 0.25) is 0 Å². The Morgan fingerprint density at radius 1 is 1.00 bits per heavy atom. The summed E-state index contributed by atoms with van der Waals surface area (Å²) in [6.07, 6.45) is 0. The minimum Gasteiger partial charge on any atom is -0.490 e. The molecule has 0 amide bonds. The summed E-state index contributed by atoms with van der Waals surface area (Å²) in [6, 6.07) is 13.6. The van der Waals surface area contributed by atoms with Gasteiger partial charge in [0.25, 0.3) is 0 Å². The Balaban J connectivity index is 2.21. The van der Waals surface area contributed by atoms with Crippen molar-refractivity contribution in [3.63, 3.8) is 0 Å². The van der Waals surface area contributed by atoms with Crippen LogP contribution in [0.3, 0.4) is 0 Å². The number of rotatable bonds is 6. The molecule has 2 rings (SSSR count). The first-order chi connectivity index (χ1) is 9.76. The zero-order chi connectivity index (χ0) is 14.4. The molecule has 0 aliphatic rings. The quantitative estimate of drug-likeness (QED) is 0.662. The van der Waals surface area contributed by atoms with Crippen molar-refractivity contribution in [2.75, 3.05) is 6.61 Å². The van der Waals surface area contributed by atoms with E-state index in [1.165, 1.54) is 0 Å². The Hall–Kier alpha value is -1.19. The minimum absolute atomic E-state index is 0.420. The number of alkyl halides is 1. The molecule has 20 heavy (non-hydrogen) atoms. The molecular weight excluding hydrogens is 340 g/mol. The van der Waals surface area contributed by atoms with Gasteiger partial charge in [-0.05, 0) is 19.1 Å². The van der Waals surface area contributed by atoms with Crippen LogP contribution in [0.4, 0.5) is 0 Å². The standard InChI is InChI=1S/C16H16BrClO2/c1-2-19-15-9-5-7-12(10-17)16(15)20-11-13-6-3-4-8-14(13)18/h3-9H,2,10-11H2,1H3. The van der Waals surface area contributed by atoms with Crippen molar-refractivity contribution in [3.05, 3.63) is 58.6 Å². The maximum absolute atomic E-state index is 6.14. The monoisotopic (exact) mass is 354 g/mol. The predicted octanol–water partition coefficient (Wildman–Crippen LogP) is 5.21. The SMILES string of the molecule is CCOc1cccc(CBr)c1OCc1ccccc1Cl. The number of ether oxygens (including phenoxy) is 2. The van der Waals surface area contributed by atoms with Crippen molar-refractivity contribution in [3.8, 4) is 11.5 Å². The molecule has 0 aliphatic heterocycles. The fourth-order valence-electron chi connectivity index (χ4n) is 1.86. The van der Waals surface area contributed by atoms with E-state index in [9.17, 15) is 0 Å². The molecule has 0 atom stereocenters. The van der Waals surface area contributed by atoms with Gasteiger partial charge in [0.15, 0.2) is 11.5 Å². The van der Waals surface area contributed by atoms with Crippen LogP contribution in [0.1, 0.15) is 18.1 Å². The molecule has 0 bridgehead atoms. The van der Waals surface area contributed by atoms with Crippen LogP contribution in [0.25, 0.3) is 0 Å². The number of halogens is 2. The molecule has 4 heteroatoms. The summed E-state index contributed by atoms with van der Waals surface area (Å²) in [7, 11) is 0. The molecule has 0 N–H and O–H groups in total. The van der Waals surface area contributed by atoms with Gasteiger partial charge in [-0.15, -0.1) is 0 Å². The third-order valence-corrected chi connectivity index (χ3v) is 3.81. The van der Waals surface area contributed by atoms with Gasteiger partial charge >= 0.3 is 0 Å². The van der Waals surface area contributed by atoms with E-state index in [-0.39, 0.29) is 0 Å². The molecule has 0 aromatic heterocycles. The lowest BCUT2D eigenvalue weighted by Gasteiger charge is -2.15. The minimum atomic E-state index is 0.420. The van der Waals surface area contributed by atoms with Gasteiger partial charge in [-0.2, -0.15) is 0 Å². The normalized spacial score (nSPS) is 10.3. The maximum Gasteiger partial charge on any atom is 0.165 e. The van der Waals surface area contributed by atoms with Gasteiger partial charge in [-0.25, -0.2) is 0 Å². The van der Waals surface area contributed by atoms with Crippen molar-refractivity contribution in [1.82, 2.24) is 0 Å². The average molecular weight is 356 g/mol. The Morgan fingerprint density at radius 3 is 2.45 bits per heavy atom. The number of hydrogen-bond acceptors (Lipinski definition) is 2. The van der Waals surface area contributed by atoms with Gasteiger partial charge in [-0.3, -0.25) is 0 Å². The van der Waals surface area contributed by atoms with Gasteiger partial charge in [0.1, 0.15) is 6.61 Å². The fraction of sp³-hybridized carbons (Fsp3) is 0.250. The molecule has 2 aromatic carbocycles. The van der Waals surface area contributed by atoms with E-state index in [0.29, 0.717) is 23.6 Å². The summed E-state index contributed by atoms with van der Waals surface area (Å²) in [5, 5.41) is 1.42. The van der Waals surface area contributed by atoms with Crippen LogP contribution in [0, 0.1) is 0 Å². The van der Waals surface area contributed by atoms with Crippen LogP contribution in [0.5, 0.6) is 11.5 Å². The summed E-state index contributed by atoms with van der Waals surface area (Å²) in [6.45, 7) is 2.98. The van der Waals surface area contributed by atoms with Crippen LogP contribution >= 0.6 is 27.5 Å². The highest BCUT2D eigenvalue weighted by Crippen LogP contribution is 2.33. The summed E-state index contributed by atoms with van der Waals surface area (Å²) >= 11 is 9.62. The van der Waals surface area contributed by atoms with Gasteiger partial charge < -0.3 is 9.47 Å². The van der Waals surface area contributed by atoms with E-state index in [1.54, 1.807) is 0 Å². The van der Waals surface area contributed by atoms with E-state index in [4.69, 9.17) is 21.1 Å². The van der Waals surface area contributed by atoms with Crippen LogP contribution in [0.15, 0.2) is 42.5 Å². The Labute approximate surface area is 132 Å². The molecule has 106 valence electrons. The summed E-state index contributed by atoms with van der Waals surface area (Å²) in [5.74, 6) is 1.53. The number of benzene rings is 2. The molecule has 0 heterocycles. The highest BCUT2D eigenvalue weighted by atomic mass is 79.9. The van der Waals surface area contributed by atoms with E-state index in [2.05, 4.69) is 15.9 Å². The molecule has 0 unspecified atom stereocenters. The second-order valence-electron chi connectivity index (χ2n) is 4.19. The predicted molar refractivity (Wildman–Crippen MR) is 86.0 cm³/mol. The maximum atomic E-state index is 6.14. The third kappa shape index (κ3) is 3.68. The topological polar surface area (TPSA) is 18.5 Å². The summed E-state index contributed by atoms with van der Waals surface area (Å²) in [5.41, 5.74) is 2.02. The molecule has 2 nitrogen and oxygen atoms in total. The van der Waals surface area contributed by atoms with Crippen LogP contribution in [-0.2, 0) is 11.9 Å². The zero-order valence-corrected chi connectivity index (χ0v) is 13.6. The largest absolute Gasteiger partial charge is 0.490 e. The Kier molecular flexibility index (Phi) is 5.74. The van der Waals surface area contributed by atoms with E-state index >= 15 is 0 Å². The summed E-state index contributed by atoms with van der Waals surface area (Å²) < 4.78 is 11.6. The molecular formula is C16H16BrClO2. The fourth-order valence-corrected chi connectivity index (χ4v) is 2.50. The zero-order valence-electron chi connectivity index (χ0n) is 11.2. The first-order valence-electron chi connectivity index (χ1n) is 6.43. The molecule has 0 spiro atoms. The second kappa shape index (κ2) is 7.55. The van der Waals surface area contributed by atoms with Crippen molar-refractivity contribution < 1.29 is 9.47 Å². The highest BCUT2D eigenvalue weighted by Gasteiger charge is 2.11. The Morgan fingerprint density at radius 2 is 1.75 bits per heavy atom. The average Bonchev–Trinajstić information content (AvgIpc) is 2.47. The highest BCUT2D eigenvalue weighted by molar-refractivity contribution is 9.08. The number of hydrogen-bond donors (Lipinski definition) is 0. The lowest BCUT2D eigenvalue weighted by atomic mass is 10.2. The molecule has 0 fully saturated rings. The molecule has 0 saturated heterocycles. The second-order valence-corrected chi connectivity index (χ2v) is 5.16. The van der Waals surface area contributed by atoms with E-state index in [1.807, 2.05) is 49.4 Å². The molecule has 0 radical (unpaired) electrons. The number of para-hydroxylation sites is 1. The van der Waals surface area contributed by atoms with Crippen molar-refractivity contribution in [1.29, 1.82) is 0 Å².